The number of rotatable bonds is 5. The lowest BCUT2D eigenvalue weighted by Gasteiger charge is -2.35. The summed E-state index contributed by atoms with van der Waals surface area (Å²) in [6.07, 6.45) is 4.16. The third-order valence-corrected chi connectivity index (χ3v) is 4.21. The number of benzene rings is 1. The van der Waals surface area contributed by atoms with Gasteiger partial charge >= 0.3 is 0 Å². The second kappa shape index (κ2) is 7.49. The minimum atomic E-state index is -0.630. The summed E-state index contributed by atoms with van der Waals surface area (Å²) < 4.78 is 5.51. The van der Waals surface area contributed by atoms with E-state index in [0.29, 0.717) is 5.02 Å². The number of carbonyl (C=O) groups is 2. The number of hydrogen-bond donors (Lipinski definition) is 1. The van der Waals surface area contributed by atoms with Crippen molar-refractivity contribution >= 4 is 23.4 Å². The predicted octanol–water partition coefficient (Wildman–Crippen LogP) is 2.61. The van der Waals surface area contributed by atoms with E-state index in [1.165, 1.54) is 6.07 Å². The Bertz CT molecular complexity index is 562. The molecule has 5 nitrogen and oxygen atoms in total. The lowest BCUT2D eigenvalue weighted by molar-refractivity contribution is -0.137. The van der Waals surface area contributed by atoms with Gasteiger partial charge in [0.2, 0.25) is 0 Å². The standard InChI is InChI=1S/C16H21ClN2O3/c1-2-12-5-3-4-8-19(12)15(20)10-22-14-7-6-11(17)9-13(14)16(18)21/h6-7,9,12H,2-5,8,10H2,1H3,(H2,18,21)/t12-/m0/s1. The van der Waals surface area contributed by atoms with Gasteiger partial charge in [0, 0.05) is 17.6 Å². The van der Waals surface area contributed by atoms with E-state index < -0.39 is 5.91 Å². The summed E-state index contributed by atoms with van der Waals surface area (Å²) in [6.45, 7) is 2.75. The molecule has 0 aliphatic carbocycles. The van der Waals surface area contributed by atoms with E-state index in [9.17, 15) is 9.59 Å². The fourth-order valence-electron chi connectivity index (χ4n) is 2.80. The number of hydrogen-bond acceptors (Lipinski definition) is 3. The third kappa shape index (κ3) is 3.91. The van der Waals surface area contributed by atoms with Crippen molar-refractivity contribution in [2.24, 2.45) is 5.73 Å². The van der Waals surface area contributed by atoms with Crippen LogP contribution in [0.5, 0.6) is 5.75 Å². The highest BCUT2D eigenvalue weighted by atomic mass is 35.5. The van der Waals surface area contributed by atoms with Crippen LogP contribution in [0.15, 0.2) is 18.2 Å². The zero-order chi connectivity index (χ0) is 16.1. The smallest absolute Gasteiger partial charge is 0.260 e. The van der Waals surface area contributed by atoms with Gasteiger partial charge in [-0.25, -0.2) is 0 Å². The van der Waals surface area contributed by atoms with Crippen LogP contribution < -0.4 is 10.5 Å². The molecule has 0 unspecified atom stereocenters. The molecule has 1 heterocycles. The molecule has 1 saturated heterocycles. The SMILES string of the molecule is CC[C@H]1CCCCN1C(=O)COc1ccc(Cl)cc1C(N)=O. The first kappa shape index (κ1) is 16.6. The lowest BCUT2D eigenvalue weighted by atomic mass is 10.00. The Kier molecular flexibility index (Phi) is 5.66. The van der Waals surface area contributed by atoms with Crippen LogP contribution in [0, 0.1) is 0 Å². The van der Waals surface area contributed by atoms with E-state index in [0.717, 1.165) is 32.2 Å². The molecule has 0 aromatic heterocycles. The summed E-state index contributed by atoms with van der Waals surface area (Å²) in [5.41, 5.74) is 5.49. The Hall–Kier alpha value is -1.75. The number of halogens is 1. The molecule has 1 aromatic rings. The highest BCUT2D eigenvalue weighted by Crippen LogP contribution is 2.23. The fraction of sp³-hybridized carbons (Fsp3) is 0.500. The van der Waals surface area contributed by atoms with Crippen LogP contribution in [0.1, 0.15) is 43.0 Å². The molecule has 0 spiro atoms. The van der Waals surface area contributed by atoms with Gasteiger partial charge < -0.3 is 15.4 Å². The molecule has 2 amide bonds. The summed E-state index contributed by atoms with van der Waals surface area (Å²) in [6, 6.07) is 4.89. The van der Waals surface area contributed by atoms with Crippen LogP contribution in [0.4, 0.5) is 0 Å². The minimum absolute atomic E-state index is 0.0584. The van der Waals surface area contributed by atoms with Crippen molar-refractivity contribution in [2.75, 3.05) is 13.2 Å². The van der Waals surface area contributed by atoms with Crippen LogP contribution in [-0.2, 0) is 4.79 Å². The van der Waals surface area contributed by atoms with E-state index in [1.54, 1.807) is 12.1 Å². The van der Waals surface area contributed by atoms with Gasteiger partial charge in [0.15, 0.2) is 6.61 Å². The highest BCUT2D eigenvalue weighted by Gasteiger charge is 2.25. The molecule has 1 aliphatic heterocycles. The summed E-state index contributed by atoms with van der Waals surface area (Å²) >= 11 is 5.84. The molecule has 22 heavy (non-hydrogen) atoms. The van der Waals surface area contributed by atoms with Gasteiger partial charge in [-0.15, -0.1) is 0 Å². The van der Waals surface area contributed by atoms with Gasteiger partial charge in [0.05, 0.1) is 5.56 Å². The molecule has 2 N–H and O–H groups in total. The number of amides is 2. The van der Waals surface area contributed by atoms with Gasteiger partial charge in [0.25, 0.3) is 11.8 Å². The maximum Gasteiger partial charge on any atom is 0.260 e. The van der Waals surface area contributed by atoms with Crippen molar-refractivity contribution in [3.05, 3.63) is 28.8 Å². The lowest BCUT2D eigenvalue weighted by Crippen LogP contribution is -2.45. The minimum Gasteiger partial charge on any atom is -0.483 e. The van der Waals surface area contributed by atoms with Gasteiger partial charge in [-0.1, -0.05) is 18.5 Å². The second-order valence-electron chi connectivity index (χ2n) is 5.44. The van der Waals surface area contributed by atoms with Crippen molar-refractivity contribution in [1.29, 1.82) is 0 Å². The molecule has 120 valence electrons. The molecule has 6 heteroatoms. The van der Waals surface area contributed by atoms with Crippen LogP contribution in [-0.4, -0.2) is 35.9 Å². The Morgan fingerprint density at radius 1 is 1.41 bits per heavy atom. The fourth-order valence-corrected chi connectivity index (χ4v) is 2.97. The quantitative estimate of drug-likeness (QED) is 0.904. The first-order chi connectivity index (χ1) is 10.5. The average molecular weight is 325 g/mol. The highest BCUT2D eigenvalue weighted by molar-refractivity contribution is 6.31. The van der Waals surface area contributed by atoms with Crippen molar-refractivity contribution in [3.63, 3.8) is 0 Å². The van der Waals surface area contributed by atoms with Crippen molar-refractivity contribution < 1.29 is 14.3 Å². The monoisotopic (exact) mass is 324 g/mol. The maximum atomic E-state index is 12.3. The van der Waals surface area contributed by atoms with E-state index in [-0.39, 0.29) is 29.9 Å². The third-order valence-electron chi connectivity index (χ3n) is 3.98. The topological polar surface area (TPSA) is 72.6 Å². The van der Waals surface area contributed by atoms with Crippen molar-refractivity contribution in [1.82, 2.24) is 4.90 Å². The largest absolute Gasteiger partial charge is 0.483 e. The molecule has 1 aliphatic rings. The van der Waals surface area contributed by atoms with Gasteiger partial charge in [-0.2, -0.15) is 0 Å². The molecule has 0 bridgehead atoms. The molecule has 1 fully saturated rings. The summed E-state index contributed by atoms with van der Waals surface area (Å²) in [5.74, 6) is -0.401. The van der Waals surface area contributed by atoms with Gasteiger partial charge in [-0.3, -0.25) is 9.59 Å². The molecular weight excluding hydrogens is 304 g/mol. The summed E-state index contributed by atoms with van der Waals surface area (Å²) in [7, 11) is 0. The number of likely N-dealkylation sites (tertiary alicyclic amines) is 1. The number of primary amides is 1. The molecule has 0 saturated carbocycles. The van der Waals surface area contributed by atoms with Crippen LogP contribution in [0.25, 0.3) is 0 Å². The molecular formula is C16H21ClN2O3. The van der Waals surface area contributed by atoms with Crippen LogP contribution >= 0.6 is 11.6 Å². The normalized spacial score (nSPS) is 18.1. The Balaban J connectivity index is 2.03. The number of nitrogens with two attached hydrogens (primary N) is 1. The van der Waals surface area contributed by atoms with Crippen LogP contribution in [0.2, 0.25) is 5.02 Å². The van der Waals surface area contributed by atoms with Crippen LogP contribution in [0.3, 0.4) is 0 Å². The maximum absolute atomic E-state index is 12.3. The number of nitrogens with zero attached hydrogens (tertiary/aromatic N) is 1. The number of piperidine rings is 1. The Morgan fingerprint density at radius 2 is 2.18 bits per heavy atom. The first-order valence-corrected chi connectivity index (χ1v) is 7.92. The Labute approximate surface area is 135 Å². The zero-order valence-corrected chi connectivity index (χ0v) is 13.4. The predicted molar refractivity (Wildman–Crippen MR) is 85.1 cm³/mol. The summed E-state index contributed by atoms with van der Waals surface area (Å²) in [4.78, 5) is 25.6. The van der Waals surface area contributed by atoms with Crippen molar-refractivity contribution in [2.45, 2.75) is 38.6 Å². The van der Waals surface area contributed by atoms with Gasteiger partial charge in [-0.05, 0) is 43.9 Å². The first-order valence-electron chi connectivity index (χ1n) is 7.54. The van der Waals surface area contributed by atoms with E-state index in [1.807, 2.05) is 4.90 Å². The average Bonchev–Trinajstić information content (AvgIpc) is 2.53. The molecule has 2 rings (SSSR count). The number of carbonyl (C=O) groups excluding carboxylic acids is 2. The molecule has 1 atom stereocenters. The van der Waals surface area contributed by atoms with E-state index >= 15 is 0 Å². The van der Waals surface area contributed by atoms with E-state index in [2.05, 4.69) is 6.92 Å². The molecule has 1 aromatic carbocycles. The summed E-state index contributed by atoms with van der Waals surface area (Å²) in [5, 5.41) is 0.398. The number of ether oxygens (including phenoxy) is 1. The second-order valence-corrected chi connectivity index (χ2v) is 5.87. The zero-order valence-electron chi connectivity index (χ0n) is 12.7. The van der Waals surface area contributed by atoms with Crippen molar-refractivity contribution in [3.8, 4) is 5.75 Å². The van der Waals surface area contributed by atoms with Gasteiger partial charge in [0.1, 0.15) is 5.75 Å². The van der Waals surface area contributed by atoms with E-state index in [4.69, 9.17) is 22.1 Å². The Morgan fingerprint density at radius 3 is 2.86 bits per heavy atom. The molecule has 0 radical (unpaired) electrons.